The number of nitrogens with one attached hydrogen (secondary N) is 1. The highest BCUT2D eigenvalue weighted by Crippen LogP contribution is 2.27. The molecule has 2 fully saturated rings. The molecule has 0 aromatic rings. The van der Waals surface area contributed by atoms with Gasteiger partial charge in [0.05, 0.1) is 0 Å². The van der Waals surface area contributed by atoms with E-state index in [-0.39, 0.29) is 12.4 Å². The molecule has 3 unspecified atom stereocenters. The fourth-order valence-electron chi connectivity index (χ4n) is 3.42. The molecule has 0 spiro atoms. The van der Waals surface area contributed by atoms with Gasteiger partial charge in [0.25, 0.3) is 0 Å². The summed E-state index contributed by atoms with van der Waals surface area (Å²) in [7, 11) is 2.01. The van der Waals surface area contributed by atoms with Crippen molar-refractivity contribution in [1.29, 1.82) is 0 Å². The zero-order valence-electron chi connectivity index (χ0n) is 12.4. The summed E-state index contributed by atoms with van der Waals surface area (Å²) in [5.74, 6) is 1.88. The van der Waals surface area contributed by atoms with Gasteiger partial charge in [-0.3, -0.25) is 4.79 Å². The molecule has 1 saturated heterocycles. The molecule has 1 N–H and O–H groups in total. The average Bonchev–Trinajstić information content (AvgIpc) is 2.88. The van der Waals surface area contributed by atoms with Crippen molar-refractivity contribution >= 4 is 18.3 Å². The molecule has 0 aromatic carbocycles. The van der Waals surface area contributed by atoms with Crippen LogP contribution in [0.25, 0.3) is 0 Å². The Kier molecular flexibility index (Phi) is 7.16. The molecule has 0 bridgehead atoms. The van der Waals surface area contributed by atoms with Crippen molar-refractivity contribution in [1.82, 2.24) is 10.2 Å². The number of nitrogens with zero attached hydrogens (tertiary/aromatic N) is 1. The van der Waals surface area contributed by atoms with Crippen molar-refractivity contribution in [3.8, 4) is 0 Å². The predicted octanol–water partition coefficient (Wildman–Crippen LogP) is 2.84. The first kappa shape index (κ1) is 16.8. The first-order valence-electron chi connectivity index (χ1n) is 7.63. The molecule has 1 amide bonds. The minimum atomic E-state index is 0. The normalized spacial score (nSPS) is 30.7. The van der Waals surface area contributed by atoms with Crippen molar-refractivity contribution < 1.29 is 4.79 Å². The standard InChI is InChI=1S/C15H28N2O.ClH/c1-12-4-3-5-14(10-12)17(2)15(18)7-6-13-8-9-16-11-13;/h12-14,16H,3-11H2,1-2H3;1H. The van der Waals surface area contributed by atoms with Gasteiger partial charge in [0.2, 0.25) is 5.91 Å². The third-order valence-electron chi connectivity index (χ3n) is 4.78. The summed E-state index contributed by atoms with van der Waals surface area (Å²) in [5, 5.41) is 3.37. The van der Waals surface area contributed by atoms with Gasteiger partial charge < -0.3 is 10.2 Å². The van der Waals surface area contributed by atoms with E-state index in [0.717, 1.165) is 37.8 Å². The third-order valence-corrected chi connectivity index (χ3v) is 4.78. The quantitative estimate of drug-likeness (QED) is 0.863. The van der Waals surface area contributed by atoms with Gasteiger partial charge >= 0.3 is 0 Å². The van der Waals surface area contributed by atoms with E-state index in [0.29, 0.717) is 11.9 Å². The lowest BCUT2D eigenvalue weighted by atomic mass is 9.86. The molecule has 1 saturated carbocycles. The Hall–Kier alpha value is -0.280. The minimum Gasteiger partial charge on any atom is -0.343 e. The molecule has 3 atom stereocenters. The fourth-order valence-corrected chi connectivity index (χ4v) is 3.42. The Bertz CT molecular complexity index is 279. The number of hydrogen-bond acceptors (Lipinski definition) is 2. The van der Waals surface area contributed by atoms with Gasteiger partial charge in [-0.15, -0.1) is 12.4 Å². The van der Waals surface area contributed by atoms with Crippen LogP contribution < -0.4 is 5.32 Å². The van der Waals surface area contributed by atoms with Crippen molar-refractivity contribution in [3.63, 3.8) is 0 Å². The van der Waals surface area contributed by atoms with Crippen molar-refractivity contribution in [2.45, 2.75) is 57.9 Å². The molecule has 1 aliphatic carbocycles. The summed E-state index contributed by atoms with van der Waals surface area (Å²) >= 11 is 0. The first-order valence-corrected chi connectivity index (χ1v) is 7.63. The molecule has 1 heterocycles. The monoisotopic (exact) mass is 288 g/mol. The van der Waals surface area contributed by atoms with Crippen LogP contribution in [0.2, 0.25) is 0 Å². The minimum absolute atomic E-state index is 0. The van der Waals surface area contributed by atoms with Crippen LogP contribution in [0.5, 0.6) is 0 Å². The molecular formula is C15H29ClN2O. The second-order valence-corrected chi connectivity index (χ2v) is 6.33. The number of halogens is 1. The summed E-state index contributed by atoms with van der Waals surface area (Å²) in [6.45, 7) is 4.56. The average molecular weight is 289 g/mol. The molecule has 19 heavy (non-hydrogen) atoms. The van der Waals surface area contributed by atoms with E-state index in [9.17, 15) is 4.79 Å². The van der Waals surface area contributed by atoms with Crippen LogP contribution in [0.1, 0.15) is 51.9 Å². The largest absolute Gasteiger partial charge is 0.343 e. The lowest BCUT2D eigenvalue weighted by molar-refractivity contribution is -0.133. The molecule has 112 valence electrons. The molecule has 2 rings (SSSR count). The summed E-state index contributed by atoms with van der Waals surface area (Å²) in [6.07, 6.45) is 8.09. The van der Waals surface area contributed by atoms with Gasteiger partial charge in [-0.2, -0.15) is 0 Å². The summed E-state index contributed by atoms with van der Waals surface area (Å²) < 4.78 is 0. The van der Waals surface area contributed by atoms with Gasteiger partial charge in [-0.1, -0.05) is 19.8 Å². The van der Waals surface area contributed by atoms with Crippen LogP contribution in [0.15, 0.2) is 0 Å². The smallest absolute Gasteiger partial charge is 0.222 e. The maximum atomic E-state index is 12.2. The number of rotatable bonds is 4. The number of carbonyl (C=O) groups is 1. The van der Waals surface area contributed by atoms with Crippen LogP contribution in [0.4, 0.5) is 0 Å². The predicted molar refractivity (Wildman–Crippen MR) is 81.6 cm³/mol. The highest BCUT2D eigenvalue weighted by atomic mass is 35.5. The second-order valence-electron chi connectivity index (χ2n) is 6.33. The highest BCUT2D eigenvalue weighted by molar-refractivity contribution is 5.85. The first-order chi connectivity index (χ1) is 8.66. The maximum absolute atomic E-state index is 12.2. The van der Waals surface area contributed by atoms with Crippen LogP contribution >= 0.6 is 12.4 Å². The van der Waals surface area contributed by atoms with Crippen molar-refractivity contribution in [3.05, 3.63) is 0 Å². The van der Waals surface area contributed by atoms with Gasteiger partial charge in [0, 0.05) is 19.5 Å². The number of amides is 1. The van der Waals surface area contributed by atoms with Crippen LogP contribution in [0.3, 0.4) is 0 Å². The molecular weight excluding hydrogens is 260 g/mol. The van der Waals surface area contributed by atoms with Crippen molar-refractivity contribution in [2.75, 3.05) is 20.1 Å². The molecule has 3 nitrogen and oxygen atoms in total. The highest BCUT2D eigenvalue weighted by Gasteiger charge is 2.25. The van der Waals surface area contributed by atoms with E-state index in [1.807, 2.05) is 11.9 Å². The summed E-state index contributed by atoms with van der Waals surface area (Å²) in [6, 6.07) is 0.503. The van der Waals surface area contributed by atoms with E-state index in [1.54, 1.807) is 0 Å². The van der Waals surface area contributed by atoms with Crippen molar-refractivity contribution in [2.24, 2.45) is 11.8 Å². The number of carbonyl (C=O) groups excluding carboxylic acids is 1. The Balaban J connectivity index is 0.00000180. The van der Waals surface area contributed by atoms with Gasteiger partial charge in [-0.05, 0) is 50.6 Å². The van der Waals surface area contributed by atoms with Gasteiger partial charge in [0.15, 0.2) is 0 Å². The summed E-state index contributed by atoms with van der Waals surface area (Å²) in [5.41, 5.74) is 0. The Morgan fingerprint density at radius 2 is 2.11 bits per heavy atom. The third kappa shape index (κ3) is 4.96. The maximum Gasteiger partial charge on any atom is 0.222 e. The zero-order chi connectivity index (χ0) is 13.0. The lowest BCUT2D eigenvalue weighted by Crippen LogP contribution is -2.39. The molecule has 1 aliphatic heterocycles. The van der Waals surface area contributed by atoms with Crippen LogP contribution in [0, 0.1) is 11.8 Å². The van der Waals surface area contributed by atoms with E-state index in [1.165, 1.54) is 32.1 Å². The lowest BCUT2D eigenvalue weighted by Gasteiger charge is -2.34. The fraction of sp³-hybridized carbons (Fsp3) is 0.933. The second kappa shape index (κ2) is 8.11. The van der Waals surface area contributed by atoms with E-state index >= 15 is 0 Å². The molecule has 4 heteroatoms. The topological polar surface area (TPSA) is 32.3 Å². The van der Waals surface area contributed by atoms with E-state index < -0.39 is 0 Å². The molecule has 0 aromatic heterocycles. The Labute approximate surface area is 123 Å². The Morgan fingerprint density at radius 1 is 1.32 bits per heavy atom. The van der Waals surface area contributed by atoms with E-state index in [2.05, 4.69) is 12.2 Å². The summed E-state index contributed by atoms with van der Waals surface area (Å²) in [4.78, 5) is 14.3. The van der Waals surface area contributed by atoms with Crippen LogP contribution in [-0.4, -0.2) is 37.0 Å². The van der Waals surface area contributed by atoms with E-state index in [4.69, 9.17) is 0 Å². The van der Waals surface area contributed by atoms with Gasteiger partial charge in [0.1, 0.15) is 0 Å². The van der Waals surface area contributed by atoms with Crippen LogP contribution in [-0.2, 0) is 4.79 Å². The SMILES string of the molecule is CC1CCCC(N(C)C(=O)CCC2CCNC2)C1.Cl. The molecule has 0 radical (unpaired) electrons. The Morgan fingerprint density at radius 3 is 2.74 bits per heavy atom. The van der Waals surface area contributed by atoms with Gasteiger partial charge in [-0.25, -0.2) is 0 Å². The molecule has 2 aliphatic rings. The zero-order valence-corrected chi connectivity index (χ0v) is 13.2. The number of hydrogen-bond donors (Lipinski definition) is 1.